The minimum atomic E-state index is 0. The topological polar surface area (TPSA) is 7.76 Å². The van der Waals surface area contributed by atoms with Crippen LogP contribution in [0.15, 0.2) is 49.1 Å². The van der Waals surface area contributed by atoms with Crippen LogP contribution in [0.3, 0.4) is 0 Å². The molecular formula is C14H22Cl2N2. The number of pyridine rings is 2. The minimum absolute atomic E-state index is 0. The molecule has 2 rings (SSSR count). The highest BCUT2D eigenvalue weighted by molar-refractivity contribution is 5.60. The van der Waals surface area contributed by atoms with Gasteiger partial charge in [0.05, 0.1) is 0 Å². The fourth-order valence-electron chi connectivity index (χ4n) is 1.39. The first-order chi connectivity index (χ1) is 6.75. The predicted octanol–water partition coefficient (Wildman–Crippen LogP) is -3.72. The number of hydrogen-bond acceptors (Lipinski definition) is 0. The van der Waals surface area contributed by atoms with Crippen LogP contribution in [-0.2, 0) is 14.1 Å². The highest BCUT2D eigenvalue weighted by Gasteiger charge is 2.00. The van der Waals surface area contributed by atoms with Crippen LogP contribution in [0.25, 0.3) is 11.1 Å². The van der Waals surface area contributed by atoms with E-state index >= 15 is 0 Å². The van der Waals surface area contributed by atoms with Crippen molar-refractivity contribution in [3.8, 4) is 11.1 Å². The Balaban J connectivity index is -0.000000562. The zero-order valence-electron chi connectivity index (χ0n) is 9.27. The molecule has 0 aliphatic rings. The summed E-state index contributed by atoms with van der Waals surface area (Å²) in [4.78, 5) is 0. The van der Waals surface area contributed by atoms with E-state index in [-0.39, 0.29) is 39.7 Å². The maximum atomic E-state index is 2.12. The highest BCUT2D eigenvalue weighted by atomic mass is 35.5. The molecule has 0 aromatic carbocycles. The molecular weight excluding hydrogens is 267 g/mol. The van der Waals surface area contributed by atoms with Gasteiger partial charge in [0.15, 0.2) is 24.8 Å². The van der Waals surface area contributed by atoms with Crippen LogP contribution in [0.2, 0.25) is 0 Å². The van der Waals surface area contributed by atoms with Gasteiger partial charge in [-0.3, -0.25) is 0 Å². The van der Waals surface area contributed by atoms with Crippen molar-refractivity contribution in [1.82, 2.24) is 0 Å². The summed E-state index contributed by atoms with van der Waals surface area (Å²) in [5.74, 6) is 0. The molecule has 0 aliphatic heterocycles. The summed E-state index contributed by atoms with van der Waals surface area (Å²) in [7, 11) is 4.05. The van der Waals surface area contributed by atoms with Gasteiger partial charge in [-0.15, -0.1) is 0 Å². The van der Waals surface area contributed by atoms with E-state index in [1.807, 2.05) is 23.2 Å². The quantitative estimate of drug-likeness (QED) is 0.477. The van der Waals surface area contributed by atoms with Gasteiger partial charge in [0.25, 0.3) is 0 Å². The third kappa shape index (κ3) is 5.48. The summed E-state index contributed by atoms with van der Waals surface area (Å²) >= 11 is 0. The molecule has 0 saturated carbocycles. The first-order valence-electron chi connectivity index (χ1n) is 4.67. The number of aromatic nitrogens is 2. The van der Waals surface area contributed by atoms with Gasteiger partial charge in [0.1, 0.15) is 14.1 Å². The third-order valence-electron chi connectivity index (χ3n) is 2.29. The number of rotatable bonds is 1. The van der Waals surface area contributed by atoms with Crippen LogP contribution in [0.5, 0.6) is 0 Å². The van der Waals surface area contributed by atoms with E-state index in [1.54, 1.807) is 0 Å². The van der Waals surface area contributed by atoms with E-state index < -0.39 is 0 Å². The zero-order valence-corrected chi connectivity index (χ0v) is 10.8. The lowest BCUT2D eigenvalue weighted by Crippen LogP contribution is -3.00. The summed E-state index contributed by atoms with van der Waals surface area (Å²) in [5.41, 5.74) is 2.51. The Morgan fingerprint density at radius 1 is 0.611 bits per heavy atom. The summed E-state index contributed by atoms with van der Waals surface area (Å²) in [6, 6.07) is 8.48. The predicted molar refractivity (Wildman–Crippen MR) is 67.7 cm³/mol. The smallest absolute Gasteiger partial charge is 0.169 e. The van der Waals surface area contributed by atoms with Gasteiger partial charge >= 0.3 is 0 Å². The first kappa shape index (κ1) is 22.1. The monoisotopic (exact) mass is 288 g/mol. The standard InChI is InChI=1S/C12H14N2.2CH4.2ClH/c1-13-7-3-11(4-8-13)12-5-9-14(2)10-6-12;;;;/h3-10H,1-2H3;2*1H4;2*1H/q+2;;;;/p-2. The Morgan fingerprint density at radius 3 is 1.06 bits per heavy atom. The summed E-state index contributed by atoms with van der Waals surface area (Å²) in [5, 5.41) is 0. The molecule has 0 N–H and O–H groups in total. The van der Waals surface area contributed by atoms with Gasteiger partial charge in [0, 0.05) is 24.3 Å². The second kappa shape index (κ2) is 9.86. The Morgan fingerprint density at radius 2 is 0.833 bits per heavy atom. The van der Waals surface area contributed by atoms with Crippen molar-refractivity contribution in [2.75, 3.05) is 0 Å². The van der Waals surface area contributed by atoms with E-state index in [0.717, 1.165) is 0 Å². The molecule has 18 heavy (non-hydrogen) atoms. The normalized spacial score (nSPS) is 7.89. The van der Waals surface area contributed by atoms with Gasteiger partial charge in [-0.2, -0.15) is 0 Å². The van der Waals surface area contributed by atoms with Gasteiger partial charge < -0.3 is 24.8 Å². The van der Waals surface area contributed by atoms with Crippen LogP contribution in [-0.4, -0.2) is 0 Å². The van der Waals surface area contributed by atoms with Crippen molar-refractivity contribution >= 4 is 0 Å². The SMILES string of the molecule is C.C.C[n+]1ccc(-c2cc[n+](C)cc2)cc1.[Cl-].[Cl-]. The molecule has 0 spiro atoms. The average molecular weight is 289 g/mol. The number of nitrogens with zero attached hydrogens (tertiary/aromatic N) is 2. The van der Waals surface area contributed by atoms with E-state index in [0.29, 0.717) is 0 Å². The van der Waals surface area contributed by atoms with Gasteiger partial charge in [0.2, 0.25) is 0 Å². The molecule has 0 bridgehead atoms. The van der Waals surface area contributed by atoms with Crippen molar-refractivity contribution in [3.63, 3.8) is 0 Å². The van der Waals surface area contributed by atoms with Crippen LogP contribution < -0.4 is 33.9 Å². The van der Waals surface area contributed by atoms with Crippen LogP contribution >= 0.6 is 0 Å². The van der Waals surface area contributed by atoms with Gasteiger partial charge in [-0.1, -0.05) is 14.9 Å². The minimum Gasteiger partial charge on any atom is -1.00 e. The second-order valence-corrected chi connectivity index (χ2v) is 3.50. The third-order valence-corrected chi connectivity index (χ3v) is 2.29. The van der Waals surface area contributed by atoms with Crippen molar-refractivity contribution in [2.45, 2.75) is 14.9 Å². The molecule has 0 fully saturated rings. The molecule has 2 heterocycles. The maximum absolute atomic E-state index is 2.12. The Kier molecular flexibility index (Phi) is 12.1. The van der Waals surface area contributed by atoms with Gasteiger partial charge in [-0.25, -0.2) is 9.13 Å². The van der Waals surface area contributed by atoms with Gasteiger partial charge in [-0.05, 0) is 11.1 Å². The molecule has 0 saturated heterocycles. The van der Waals surface area contributed by atoms with Crippen molar-refractivity contribution in [1.29, 1.82) is 0 Å². The Hall–Kier alpha value is -1.12. The van der Waals surface area contributed by atoms with E-state index in [1.165, 1.54) is 11.1 Å². The first-order valence-corrected chi connectivity index (χ1v) is 4.67. The molecule has 0 unspecified atom stereocenters. The fourth-order valence-corrected chi connectivity index (χ4v) is 1.39. The van der Waals surface area contributed by atoms with Crippen LogP contribution in [0.1, 0.15) is 14.9 Å². The van der Waals surface area contributed by atoms with Crippen LogP contribution in [0, 0.1) is 0 Å². The summed E-state index contributed by atoms with van der Waals surface area (Å²) in [6.07, 6.45) is 8.23. The molecule has 0 aliphatic carbocycles. The molecule has 0 radical (unpaired) electrons. The number of hydrogen-bond donors (Lipinski definition) is 0. The molecule has 0 amide bonds. The zero-order chi connectivity index (χ0) is 9.97. The Labute approximate surface area is 123 Å². The average Bonchev–Trinajstić information content (AvgIpc) is 2.21. The molecule has 4 heteroatoms. The number of halogens is 2. The lowest BCUT2D eigenvalue weighted by Gasteiger charge is -1.97. The lowest BCUT2D eigenvalue weighted by molar-refractivity contribution is -0.671. The largest absolute Gasteiger partial charge is 1.00 e. The van der Waals surface area contributed by atoms with Crippen LogP contribution in [0.4, 0.5) is 0 Å². The Bertz CT molecular complexity index is 381. The number of aryl methyl sites for hydroxylation is 2. The van der Waals surface area contributed by atoms with E-state index in [4.69, 9.17) is 0 Å². The van der Waals surface area contributed by atoms with E-state index in [2.05, 4.69) is 49.1 Å². The summed E-state index contributed by atoms with van der Waals surface area (Å²) < 4.78 is 4.07. The lowest BCUT2D eigenvalue weighted by atomic mass is 10.1. The second-order valence-electron chi connectivity index (χ2n) is 3.50. The van der Waals surface area contributed by atoms with Crippen molar-refractivity contribution < 1.29 is 33.9 Å². The van der Waals surface area contributed by atoms with E-state index in [9.17, 15) is 0 Å². The molecule has 102 valence electrons. The van der Waals surface area contributed by atoms with Crippen molar-refractivity contribution in [2.24, 2.45) is 14.1 Å². The van der Waals surface area contributed by atoms with Crippen molar-refractivity contribution in [3.05, 3.63) is 49.1 Å². The fraction of sp³-hybridized carbons (Fsp3) is 0.286. The maximum Gasteiger partial charge on any atom is 0.169 e. The molecule has 2 aromatic rings. The molecule has 2 aromatic heterocycles. The molecule has 2 nitrogen and oxygen atoms in total. The molecule has 0 atom stereocenters. The highest BCUT2D eigenvalue weighted by Crippen LogP contribution is 2.14. The summed E-state index contributed by atoms with van der Waals surface area (Å²) in [6.45, 7) is 0.